The zero-order chi connectivity index (χ0) is 13.9. The molecule has 0 radical (unpaired) electrons. The standard InChI is InChI=1S/C9H16O9/c10-1-3-5(12)6(13)7(14)9(17-3)18-4(2-11)8(15)16/h3-7,9-14H,1-2H2,(H,15,16)/t3?,4-,5-,6?,7?,9+/m0/s1. The average molecular weight is 268 g/mol. The number of carboxylic acid groups (broad SMARTS) is 1. The number of aliphatic hydroxyl groups is 5. The molecule has 0 aromatic carbocycles. The van der Waals surface area contributed by atoms with E-state index < -0.39 is 56.0 Å². The van der Waals surface area contributed by atoms with Crippen LogP contribution >= 0.6 is 0 Å². The third-order valence-electron chi connectivity index (χ3n) is 2.59. The molecule has 0 amide bonds. The Morgan fingerprint density at radius 2 is 1.78 bits per heavy atom. The molecule has 0 saturated carbocycles. The van der Waals surface area contributed by atoms with Crippen molar-refractivity contribution in [2.24, 2.45) is 0 Å². The van der Waals surface area contributed by atoms with E-state index in [2.05, 4.69) is 0 Å². The summed E-state index contributed by atoms with van der Waals surface area (Å²) in [5.41, 5.74) is 0. The van der Waals surface area contributed by atoms with E-state index in [1.807, 2.05) is 0 Å². The van der Waals surface area contributed by atoms with Crippen molar-refractivity contribution in [3.8, 4) is 0 Å². The van der Waals surface area contributed by atoms with Gasteiger partial charge >= 0.3 is 5.97 Å². The summed E-state index contributed by atoms with van der Waals surface area (Å²) >= 11 is 0. The minimum Gasteiger partial charge on any atom is -0.479 e. The van der Waals surface area contributed by atoms with Crippen LogP contribution in [0.3, 0.4) is 0 Å². The number of rotatable bonds is 5. The van der Waals surface area contributed by atoms with Crippen molar-refractivity contribution in [1.82, 2.24) is 0 Å². The molecule has 106 valence electrons. The molecule has 1 saturated heterocycles. The van der Waals surface area contributed by atoms with E-state index in [1.165, 1.54) is 0 Å². The Bertz CT molecular complexity index is 281. The molecule has 0 bridgehead atoms. The molecule has 0 aromatic rings. The predicted molar refractivity (Wildman–Crippen MR) is 53.4 cm³/mol. The first-order valence-electron chi connectivity index (χ1n) is 5.22. The molecule has 0 aliphatic carbocycles. The van der Waals surface area contributed by atoms with Crippen molar-refractivity contribution in [3.63, 3.8) is 0 Å². The normalized spacial score (nSPS) is 38.4. The summed E-state index contributed by atoms with van der Waals surface area (Å²) in [6.07, 6.45) is -9.32. The molecule has 1 rings (SSSR count). The van der Waals surface area contributed by atoms with E-state index in [0.717, 1.165) is 0 Å². The van der Waals surface area contributed by atoms with E-state index >= 15 is 0 Å². The van der Waals surface area contributed by atoms with Crippen molar-refractivity contribution < 1.29 is 44.9 Å². The Hall–Kier alpha value is -0.810. The highest BCUT2D eigenvalue weighted by atomic mass is 16.7. The van der Waals surface area contributed by atoms with Crippen LogP contribution in [-0.4, -0.2) is 86.6 Å². The third kappa shape index (κ3) is 3.14. The Morgan fingerprint density at radius 1 is 1.17 bits per heavy atom. The summed E-state index contributed by atoms with van der Waals surface area (Å²) in [6.45, 7) is -1.51. The fraction of sp³-hybridized carbons (Fsp3) is 0.889. The van der Waals surface area contributed by atoms with Gasteiger partial charge in [-0.05, 0) is 0 Å². The molecule has 18 heavy (non-hydrogen) atoms. The maximum atomic E-state index is 10.6. The number of carboxylic acids is 1. The highest BCUT2D eigenvalue weighted by molar-refractivity contribution is 5.72. The zero-order valence-electron chi connectivity index (χ0n) is 9.29. The highest BCUT2D eigenvalue weighted by Crippen LogP contribution is 2.22. The molecule has 9 nitrogen and oxygen atoms in total. The molecule has 1 heterocycles. The van der Waals surface area contributed by atoms with Gasteiger partial charge in [0.15, 0.2) is 12.4 Å². The molecule has 1 fully saturated rings. The first-order valence-corrected chi connectivity index (χ1v) is 5.22. The lowest BCUT2D eigenvalue weighted by molar-refractivity contribution is -0.311. The summed E-state index contributed by atoms with van der Waals surface area (Å²) < 4.78 is 9.67. The maximum absolute atomic E-state index is 10.6. The van der Waals surface area contributed by atoms with Crippen molar-refractivity contribution in [1.29, 1.82) is 0 Å². The van der Waals surface area contributed by atoms with Gasteiger partial charge in [-0.2, -0.15) is 0 Å². The minimum atomic E-state index is -1.70. The van der Waals surface area contributed by atoms with E-state index in [-0.39, 0.29) is 0 Å². The fourth-order valence-corrected chi connectivity index (χ4v) is 1.52. The molecule has 9 heteroatoms. The summed E-state index contributed by atoms with van der Waals surface area (Å²) in [5.74, 6) is -1.48. The minimum absolute atomic E-state index is 0.651. The van der Waals surface area contributed by atoms with Gasteiger partial charge in [0.2, 0.25) is 0 Å². The number of aliphatic carboxylic acids is 1. The van der Waals surface area contributed by atoms with Crippen molar-refractivity contribution in [2.75, 3.05) is 13.2 Å². The lowest BCUT2D eigenvalue weighted by Crippen LogP contribution is -2.60. The highest BCUT2D eigenvalue weighted by Gasteiger charge is 2.45. The Morgan fingerprint density at radius 3 is 2.22 bits per heavy atom. The molecule has 0 spiro atoms. The van der Waals surface area contributed by atoms with Crippen LogP contribution < -0.4 is 0 Å². The van der Waals surface area contributed by atoms with Gasteiger partial charge in [-0.3, -0.25) is 0 Å². The van der Waals surface area contributed by atoms with E-state index in [0.29, 0.717) is 0 Å². The molecular weight excluding hydrogens is 252 g/mol. The molecule has 3 unspecified atom stereocenters. The second kappa shape index (κ2) is 6.38. The number of hydrogen-bond acceptors (Lipinski definition) is 8. The van der Waals surface area contributed by atoms with Gasteiger partial charge in [0.25, 0.3) is 0 Å². The van der Waals surface area contributed by atoms with Crippen LogP contribution in [-0.2, 0) is 14.3 Å². The van der Waals surface area contributed by atoms with Crippen molar-refractivity contribution >= 4 is 5.97 Å². The smallest absolute Gasteiger partial charge is 0.335 e. The van der Waals surface area contributed by atoms with Crippen LogP contribution in [0.2, 0.25) is 0 Å². The SMILES string of the molecule is O=C(O)[C@H](CO)O[C@H]1OC(CO)[C@H](O)C(O)C1O. The summed E-state index contributed by atoms with van der Waals surface area (Å²) in [6, 6.07) is 0. The van der Waals surface area contributed by atoms with Crippen LogP contribution in [0, 0.1) is 0 Å². The quantitative estimate of drug-likeness (QED) is 0.294. The van der Waals surface area contributed by atoms with Gasteiger partial charge in [0, 0.05) is 0 Å². The predicted octanol–water partition coefficient (Wildman–Crippen LogP) is -3.75. The van der Waals surface area contributed by atoms with Crippen LogP contribution in [0.1, 0.15) is 0 Å². The summed E-state index contributed by atoms with van der Waals surface area (Å²) in [4.78, 5) is 10.6. The lowest BCUT2D eigenvalue weighted by atomic mass is 9.99. The van der Waals surface area contributed by atoms with Crippen LogP contribution in [0.15, 0.2) is 0 Å². The Kier molecular flexibility index (Phi) is 5.41. The molecular formula is C9H16O9. The number of aliphatic hydroxyl groups excluding tert-OH is 5. The molecule has 1 aliphatic heterocycles. The van der Waals surface area contributed by atoms with Gasteiger partial charge in [-0.15, -0.1) is 0 Å². The molecule has 1 aliphatic rings. The number of carbonyl (C=O) groups is 1. The van der Waals surface area contributed by atoms with E-state index in [4.69, 9.17) is 24.8 Å². The zero-order valence-corrected chi connectivity index (χ0v) is 9.29. The van der Waals surface area contributed by atoms with Crippen LogP contribution in [0.4, 0.5) is 0 Å². The molecule has 6 atom stereocenters. The Balaban J connectivity index is 2.72. The largest absolute Gasteiger partial charge is 0.479 e. The van der Waals surface area contributed by atoms with Gasteiger partial charge < -0.3 is 40.1 Å². The topological polar surface area (TPSA) is 157 Å². The second-order valence-corrected chi connectivity index (χ2v) is 3.84. The average Bonchev–Trinajstić information content (AvgIpc) is 2.35. The second-order valence-electron chi connectivity index (χ2n) is 3.84. The summed E-state index contributed by atoms with van der Waals surface area (Å²) in [5, 5.41) is 54.7. The van der Waals surface area contributed by atoms with Crippen molar-refractivity contribution in [2.45, 2.75) is 36.8 Å². The van der Waals surface area contributed by atoms with Crippen LogP contribution in [0.5, 0.6) is 0 Å². The summed E-state index contributed by atoms with van der Waals surface area (Å²) in [7, 11) is 0. The monoisotopic (exact) mass is 268 g/mol. The fourth-order valence-electron chi connectivity index (χ4n) is 1.52. The van der Waals surface area contributed by atoms with E-state index in [1.54, 1.807) is 0 Å². The maximum Gasteiger partial charge on any atom is 0.335 e. The third-order valence-corrected chi connectivity index (χ3v) is 2.59. The number of hydrogen-bond donors (Lipinski definition) is 6. The number of ether oxygens (including phenoxy) is 2. The van der Waals surface area contributed by atoms with Gasteiger partial charge in [-0.1, -0.05) is 0 Å². The van der Waals surface area contributed by atoms with Gasteiger partial charge in [0.1, 0.15) is 24.4 Å². The molecule has 6 N–H and O–H groups in total. The first-order chi connectivity index (χ1) is 8.42. The van der Waals surface area contributed by atoms with Crippen molar-refractivity contribution in [3.05, 3.63) is 0 Å². The lowest BCUT2D eigenvalue weighted by Gasteiger charge is -2.40. The van der Waals surface area contributed by atoms with Gasteiger partial charge in [-0.25, -0.2) is 4.79 Å². The van der Waals surface area contributed by atoms with E-state index in [9.17, 15) is 20.1 Å². The van der Waals surface area contributed by atoms with Gasteiger partial charge in [0.05, 0.1) is 13.2 Å². The molecule has 0 aromatic heterocycles. The Labute approximate surface area is 102 Å². The van der Waals surface area contributed by atoms with Crippen LogP contribution in [0.25, 0.3) is 0 Å². The first kappa shape index (κ1) is 15.2.